The topological polar surface area (TPSA) is 84.6 Å². The Hall–Kier alpha value is -2.45. The van der Waals surface area contributed by atoms with Crippen molar-refractivity contribution in [3.05, 3.63) is 36.5 Å². The maximum absolute atomic E-state index is 9.79. The second-order valence-electron chi connectivity index (χ2n) is 3.28. The highest BCUT2D eigenvalue weighted by atomic mass is 16.3. The third kappa shape index (κ3) is 2.62. The minimum absolute atomic E-state index is 0.141. The van der Waals surface area contributed by atoms with Crippen LogP contribution in [0.2, 0.25) is 0 Å². The number of nitrogen functional groups attached to an aromatic ring is 1. The van der Waals surface area contributed by atoms with Gasteiger partial charge in [-0.25, -0.2) is 4.99 Å². The van der Waals surface area contributed by atoms with Gasteiger partial charge in [0.25, 0.3) is 0 Å². The molecule has 2 aromatic rings. The Morgan fingerprint density at radius 3 is 2.61 bits per heavy atom. The normalized spacial score (nSPS) is 9.00. The van der Waals surface area contributed by atoms with Crippen LogP contribution in [0.25, 0.3) is 10.8 Å². The second kappa shape index (κ2) is 6.33. The van der Waals surface area contributed by atoms with E-state index in [0.29, 0.717) is 16.8 Å². The molecule has 18 heavy (non-hydrogen) atoms. The summed E-state index contributed by atoms with van der Waals surface area (Å²) >= 11 is 0. The van der Waals surface area contributed by atoms with Crippen molar-refractivity contribution >= 4 is 28.0 Å². The van der Waals surface area contributed by atoms with Crippen LogP contribution in [-0.4, -0.2) is 11.0 Å². The fourth-order valence-corrected chi connectivity index (χ4v) is 1.59. The lowest BCUT2D eigenvalue weighted by Gasteiger charge is -2.06. The van der Waals surface area contributed by atoms with Crippen LogP contribution in [0.3, 0.4) is 0 Å². The Morgan fingerprint density at radius 2 is 1.94 bits per heavy atom. The van der Waals surface area contributed by atoms with E-state index in [1.165, 1.54) is 6.20 Å². The van der Waals surface area contributed by atoms with Crippen LogP contribution in [0.4, 0.5) is 11.4 Å². The first-order valence-corrected chi connectivity index (χ1v) is 5.74. The summed E-state index contributed by atoms with van der Waals surface area (Å²) in [7, 11) is 0. The number of aromatic hydroxyl groups is 1. The average molecular weight is 243 g/mol. The first kappa shape index (κ1) is 13.6. The van der Waals surface area contributed by atoms with Gasteiger partial charge >= 0.3 is 0 Å². The van der Waals surface area contributed by atoms with E-state index >= 15 is 0 Å². The van der Waals surface area contributed by atoms with Gasteiger partial charge in [0.05, 0.1) is 17.3 Å². The highest BCUT2D eigenvalue weighted by Crippen LogP contribution is 2.36. The molecule has 0 amide bonds. The van der Waals surface area contributed by atoms with Crippen molar-refractivity contribution in [3.63, 3.8) is 0 Å². The van der Waals surface area contributed by atoms with Crippen LogP contribution < -0.4 is 11.5 Å². The Labute approximate surface area is 106 Å². The molecule has 4 nitrogen and oxygen atoms in total. The number of benzene rings is 2. The zero-order chi connectivity index (χ0) is 13.5. The van der Waals surface area contributed by atoms with Crippen LogP contribution in [0.1, 0.15) is 13.8 Å². The predicted molar refractivity (Wildman–Crippen MR) is 77.2 cm³/mol. The van der Waals surface area contributed by atoms with Gasteiger partial charge in [-0.2, -0.15) is 0 Å². The maximum Gasteiger partial charge on any atom is 0.125 e. The number of anilines is 1. The van der Waals surface area contributed by atoms with E-state index in [1.54, 1.807) is 24.3 Å². The monoisotopic (exact) mass is 243 g/mol. The number of fused-ring (bicyclic) bond motifs is 1. The van der Waals surface area contributed by atoms with Crippen LogP contribution in [0, 0.1) is 0 Å². The van der Waals surface area contributed by atoms with Crippen molar-refractivity contribution in [2.75, 3.05) is 5.73 Å². The number of phenolic OH excluding ortho intramolecular Hbond substituents is 1. The van der Waals surface area contributed by atoms with Crippen LogP contribution in [0.5, 0.6) is 5.75 Å². The van der Waals surface area contributed by atoms with E-state index in [-0.39, 0.29) is 5.75 Å². The molecule has 0 spiro atoms. The first-order valence-electron chi connectivity index (χ1n) is 5.74. The van der Waals surface area contributed by atoms with E-state index in [2.05, 4.69) is 10.9 Å². The number of nitrogens with two attached hydrogens (primary N) is 2. The summed E-state index contributed by atoms with van der Waals surface area (Å²) in [6.07, 6.45) is 1.21. The molecular weight excluding hydrogens is 226 g/mol. The SMILES string of the molecule is CC.NC=C=Nc1ccc(N)c2cccc(O)c12. The fraction of sp³-hybridized carbons (Fsp3) is 0.143. The third-order valence-electron chi connectivity index (χ3n) is 2.29. The smallest absolute Gasteiger partial charge is 0.125 e. The molecule has 4 heteroatoms. The zero-order valence-corrected chi connectivity index (χ0v) is 10.5. The lowest BCUT2D eigenvalue weighted by molar-refractivity contribution is 0.482. The van der Waals surface area contributed by atoms with Crippen molar-refractivity contribution in [1.29, 1.82) is 0 Å². The molecule has 0 atom stereocenters. The minimum Gasteiger partial charge on any atom is -0.507 e. The number of aliphatic imine (C=N–C) groups is 1. The van der Waals surface area contributed by atoms with Gasteiger partial charge in [0.2, 0.25) is 0 Å². The minimum atomic E-state index is 0.141. The molecule has 0 saturated heterocycles. The van der Waals surface area contributed by atoms with Crippen molar-refractivity contribution in [3.8, 4) is 5.75 Å². The lowest BCUT2D eigenvalue weighted by atomic mass is 10.1. The molecule has 94 valence electrons. The highest BCUT2D eigenvalue weighted by Gasteiger charge is 2.06. The van der Waals surface area contributed by atoms with Crippen LogP contribution in [0.15, 0.2) is 41.5 Å². The highest BCUT2D eigenvalue weighted by molar-refractivity contribution is 6.04. The van der Waals surface area contributed by atoms with Gasteiger partial charge in [-0.1, -0.05) is 26.0 Å². The molecule has 5 N–H and O–H groups in total. The van der Waals surface area contributed by atoms with E-state index in [0.717, 1.165) is 5.39 Å². The van der Waals surface area contributed by atoms with Gasteiger partial charge in [-0.3, -0.25) is 0 Å². The Kier molecular flexibility index (Phi) is 4.78. The summed E-state index contributed by atoms with van der Waals surface area (Å²) in [6, 6.07) is 8.61. The zero-order valence-electron chi connectivity index (χ0n) is 10.5. The van der Waals surface area contributed by atoms with Gasteiger partial charge in [0, 0.05) is 16.9 Å². The summed E-state index contributed by atoms with van der Waals surface area (Å²) in [4.78, 5) is 4.01. The Balaban J connectivity index is 0.000000771. The summed E-state index contributed by atoms with van der Waals surface area (Å²) in [5.74, 6) is 2.67. The van der Waals surface area contributed by atoms with Crippen molar-refractivity contribution in [2.45, 2.75) is 13.8 Å². The second-order valence-corrected chi connectivity index (χ2v) is 3.28. The van der Waals surface area contributed by atoms with Gasteiger partial charge in [-0.15, -0.1) is 0 Å². The van der Waals surface area contributed by atoms with E-state index in [1.807, 2.05) is 19.9 Å². The Morgan fingerprint density at radius 1 is 1.22 bits per heavy atom. The molecule has 0 fully saturated rings. The number of rotatable bonds is 1. The van der Waals surface area contributed by atoms with Gasteiger partial charge in [-0.05, 0) is 18.2 Å². The summed E-state index contributed by atoms with van der Waals surface area (Å²) in [5.41, 5.74) is 12.2. The molecule has 0 aliphatic rings. The summed E-state index contributed by atoms with van der Waals surface area (Å²) in [5, 5.41) is 11.2. The molecule has 0 heterocycles. The molecule has 0 aromatic heterocycles. The summed E-state index contributed by atoms with van der Waals surface area (Å²) in [6.45, 7) is 4.00. The molecule has 0 aliphatic carbocycles. The maximum atomic E-state index is 9.79. The first-order chi connectivity index (χ1) is 8.74. The van der Waals surface area contributed by atoms with Crippen molar-refractivity contribution in [1.82, 2.24) is 0 Å². The molecule has 0 bridgehead atoms. The molecule has 0 radical (unpaired) electrons. The van der Waals surface area contributed by atoms with E-state index in [4.69, 9.17) is 11.5 Å². The van der Waals surface area contributed by atoms with Crippen molar-refractivity contribution in [2.24, 2.45) is 10.7 Å². The predicted octanol–water partition coefficient (Wildman–Crippen LogP) is 2.93. The number of nitrogens with zero attached hydrogens (tertiary/aromatic N) is 1. The van der Waals surface area contributed by atoms with Crippen molar-refractivity contribution < 1.29 is 5.11 Å². The van der Waals surface area contributed by atoms with Gasteiger partial charge in [0.1, 0.15) is 5.75 Å². The molecule has 0 unspecified atom stereocenters. The molecule has 2 aromatic carbocycles. The van der Waals surface area contributed by atoms with Gasteiger partial charge < -0.3 is 16.6 Å². The van der Waals surface area contributed by atoms with Crippen LogP contribution in [-0.2, 0) is 0 Å². The molecule has 0 saturated carbocycles. The lowest BCUT2D eigenvalue weighted by Crippen LogP contribution is -1.87. The average Bonchev–Trinajstić information content (AvgIpc) is 2.41. The molecule has 2 rings (SSSR count). The number of phenols is 1. The number of hydrogen-bond acceptors (Lipinski definition) is 4. The standard InChI is InChI=1S/C12H11N3O.C2H6/c13-6-7-15-10-5-4-9(14)8-2-1-3-11(16)12(8)10;1-2/h1-6,16H,13-14H2;1-2H3. The third-order valence-corrected chi connectivity index (χ3v) is 2.29. The largest absolute Gasteiger partial charge is 0.507 e. The quantitative estimate of drug-likeness (QED) is 0.531. The van der Waals surface area contributed by atoms with E-state index in [9.17, 15) is 5.11 Å². The van der Waals surface area contributed by atoms with Gasteiger partial charge in [0.15, 0.2) is 0 Å². The molecular formula is C14H17N3O. The summed E-state index contributed by atoms with van der Waals surface area (Å²) < 4.78 is 0. The van der Waals surface area contributed by atoms with E-state index < -0.39 is 0 Å². The fourth-order valence-electron chi connectivity index (χ4n) is 1.59. The number of hydrogen-bond donors (Lipinski definition) is 3. The molecule has 0 aliphatic heterocycles. The Bertz CT molecular complexity index is 599. The van der Waals surface area contributed by atoms with Crippen LogP contribution >= 0.6 is 0 Å².